The fourth-order valence-corrected chi connectivity index (χ4v) is 2.65. The van der Waals surface area contributed by atoms with Gasteiger partial charge in [0, 0.05) is 6.07 Å². The monoisotopic (exact) mass is 405 g/mol. The Morgan fingerprint density at radius 2 is 2.03 bits per heavy atom. The van der Waals surface area contributed by atoms with Crippen LogP contribution in [0, 0.1) is 16.0 Å². The van der Waals surface area contributed by atoms with E-state index in [-0.39, 0.29) is 24.7 Å². The van der Waals surface area contributed by atoms with E-state index in [1.807, 2.05) is 13.8 Å². The average Bonchev–Trinajstić information content (AvgIpc) is 3.12. The minimum atomic E-state index is -0.880. The highest BCUT2D eigenvalue weighted by atomic mass is 16.6. The van der Waals surface area contributed by atoms with Crippen molar-refractivity contribution in [1.82, 2.24) is 31.1 Å². The maximum atomic E-state index is 12.0. The number of carbonyl (C=O) groups excluding carboxylic acids is 2. The Balaban J connectivity index is 1.92. The molecule has 29 heavy (non-hydrogen) atoms. The van der Waals surface area contributed by atoms with Crippen LogP contribution >= 0.6 is 0 Å². The van der Waals surface area contributed by atoms with Gasteiger partial charge >= 0.3 is 6.03 Å². The lowest BCUT2D eigenvalue weighted by molar-refractivity contribution is -0.385. The Morgan fingerprint density at radius 1 is 1.31 bits per heavy atom. The van der Waals surface area contributed by atoms with Crippen LogP contribution in [0.1, 0.15) is 31.5 Å². The number of benzene rings is 1. The number of aromatic nitrogens is 3. The van der Waals surface area contributed by atoms with E-state index in [9.17, 15) is 19.7 Å². The summed E-state index contributed by atoms with van der Waals surface area (Å²) < 4.78 is 1.43. The summed E-state index contributed by atoms with van der Waals surface area (Å²) >= 11 is 0. The zero-order valence-electron chi connectivity index (χ0n) is 16.0. The molecule has 2 rings (SSSR count). The summed E-state index contributed by atoms with van der Waals surface area (Å²) in [4.78, 5) is 34.3. The quantitative estimate of drug-likeness (QED) is 0.274. The van der Waals surface area contributed by atoms with Gasteiger partial charge in [-0.2, -0.15) is 0 Å². The number of hydrogen-bond acceptors (Lipinski definition) is 7. The topological polar surface area (TPSA) is 164 Å². The van der Waals surface area contributed by atoms with Gasteiger partial charge in [0.05, 0.1) is 29.8 Å². The third kappa shape index (κ3) is 6.53. The minimum Gasteiger partial charge on any atom is -0.332 e. The number of carbonyl (C=O) groups is 2. The van der Waals surface area contributed by atoms with E-state index in [1.54, 1.807) is 24.4 Å². The molecule has 12 heteroatoms. The van der Waals surface area contributed by atoms with E-state index in [0.717, 1.165) is 0 Å². The SMILES string of the molecule is CC(C)C[C@H](NC(=O)NCc1cn(Cc2ccccc2[N+](=O)[O-])nn1)C(=O)NO. The van der Waals surface area contributed by atoms with Crippen LogP contribution in [0.15, 0.2) is 30.5 Å². The summed E-state index contributed by atoms with van der Waals surface area (Å²) in [5.74, 6) is -0.580. The Hall–Kier alpha value is -3.54. The molecule has 0 radical (unpaired) electrons. The third-order valence-electron chi connectivity index (χ3n) is 3.98. The van der Waals surface area contributed by atoms with Gasteiger partial charge in [-0.25, -0.2) is 15.0 Å². The van der Waals surface area contributed by atoms with Crippen molar-refractivity contribution < 1.29 is 19.7 Å². The molecule has 1 heterocycles. The molecule has 0 saturated heterocycles. The van der Waals surface area contributed by atoms with Gasteiger partial charge in [-0.05, 0) is 12.3 Å². The van der Waals surface area contributed by atoms with Gasteiger partial charge in [-0.1, -0.05) is 37.3 Å². The molecule has 2 aromatic rings. The Morgan fingerprint density at radius 3 is 2.69 bits per heavy atom. The molecule has 12 nitrogen and oxygen atoms in total. The first-order valence-electron chi connectivity index (χ1n) is 8.89. The van der Waals surface area contributed by atoms with Crippen LogP contribution in [0.25, 0.3) is 0 Å². The lowest BCUT2D eigenvalue weighted by atomic mass is 10.0. The van der Waals surface area contributed by atoms with E-state index in [0.29, 0.717) is 17.7 Å². The summed E-state index contributed by atoms with van der Waals surface area (Å²) in [5.41, 5.74) is 2.43. The molecule has 0 fully saturated rings. The number of nitrogens with zero attached hydrogens (tertiary/aromatic N) is 4. The number of urea groups is 1. The second-order valence-electron chi connectivity index (χ2n) is 6.78. The van der Waals surface area contributed by atoms with E-state index in [2.05, 4.69) is 20.9 Å². The van der Waals surface area contributed by atoms with Crippen molar-refractivity contribution in [2.24, 2.45) is 5.92 Å². The van der Waals surface area contributed by atoms with Crippen LogP contribution in [-0.4, -0.2) is 43.1 Å². The highest BCUT2D eigenvalue weighted by Crippen LogP contribution is 2.18. The van der Waals surface area contributed by atoms with Gasteiger partial charge in [0.15, 0.2) is 0 Å². The fraction of sp³-hybridized carbons (Fsp3) is 0.412. The summed E-state index contributed by atoms with van der Waals surface area (Å²) in [6.07, 6.45) is 1.91. The van der Waals surface area contributed by atoms with Gasteiger partial charge in [0.1, 0.15) is 11.7 Å². The van der Waals surface area contributed by atoms with Crippen molar-refractivity contribution >= 4 is 17.6 Å². The molecule has 0 spiro atoms. The third-order valence-corrected chi connectivity index (χ3v) is 3.98. The second kappa shape index (κ2) is 10.1. The predicted molar refractivity (Wildman–Crippen MR) is 101 cm³/mol. The van der Waals surface area contributed by atoms with Crippen molar-refractivity contribution in [3.8, 4) is 0 Å². The standard InChI is InChI=1S/C17H23N7O5/c1-11(2)7-14(16(25)21-27)19-17(26)18-8-13-10-23(22-20-13)9-12-5-3-4-6-15(12)24(28)29/h3-6,10-11,14,27H,7-9H2,1-2H3,(H,21,25)(H2,18,19,26)/t14-/m0/s1. The van der Waals surface area contributed by atoms with E-state index >= 15 is 0 Å². The molecule has 0 unspecified atom stereocenters. The molecule has 1 aromatic carbocycles. The van der Waals surface area contributed by atoms with Gasteiger partial charge < -0.3 is 10.6 Å². The highest BCUT2D eigenvalue weighted by Gasteiger charge is 2.21. The summed E-state index contributed by atoms with van der Waals surface area (Å²) in [6.45, 7) is 3.96. The summed E-state index contributed by atoms with van der Waals surface area (Å²) in [6, 6.07) is 4.84. The van der Waals surface area contributed by atoms with Crippen molar-refractivity contribution in [2.75, 3.05) is 0 Å². The highest BCUT2D eigenvalue weighted by molar-refractivity contribution is 5.86. The average molecular weight is 405 g/mol. The molecule has 0 saturated carbocycles. The summed E-state index contributed by atoms with van der Waals surface area (Å²) in [7, 11) is 0. The molecule has 0 aliphatic rings. The predicted octanol–water partition coefficient (Wildman–Crippen LogP) is 0.954. The Kier molecular flexibility index (Phi) is 7.60. The van der Waals surface area contributed by atoms with Crippen LogP contribution in [0.2, 0.25) is 0 Å². The molecular weight excluding hydrogens is 382 g/mol. The first kappa shape index (κ1) is 21.8. The number of hydrogen-bond donors (Lipinski definition) is 4. The second-order valence-corrected chi connectivity index (χ2v) is 6.78. The van der Waals surface area contributed by atoms with Crippen LogP contribution in [-0.2, 0) is 17.9 Å². The van der Waals surface area contributed by atoms with E-state index in [4.69, 9.17) is 5.21 Å². The zero-order valence-corrected chi connectivity index (χ0v) is 16.0. The van der Waals surface area contributed by atoms with Crippen molar-refractivity contribution in [1.29, 1.82) is 0 Å². The number of rotatable bonds is 9. The molecular formula is C17H23N7O5. The lowest BCUT2D eigenvalue weighted by Gasteiger charge is -2.18. The van der Waals surface area contributed by atoms with E-state index in [1.165, 1.54) is 16.2 Å². The van der Waals surface area contributed by atoms with Crippen molar-refractivity contribution in [2.45, 2.75) is 39.4 Å². The van der Waals surface area contributed by atoms with Gasteiger partial charge in [-0.15, -0.1) is 5.10 Å². The number of hydroxylamine groups is 1. The first-order chi connectivity index (χ1) is 13.8. The van der Waals surface area contributed by atoms with Crippen LogP contribution in [0.4, 0.5) is 10.5 Å². The Labute approximate surface area is 166 Å². The van der Waals surface area contributed by atoms with Crippen LogP contribution in [0.3, 0.4) is 0 Å². The van der Waals surface area contributed by atoms with Gasteiger partial charge in [0.25, 0.3) is 11.6 Å². The van der Waals surface area contributed by atoms with E-state index < -0.39 is 22.9 Å². The number of para-hydroxylation sites is 1. The summed E-state index contributed by atoms with van der Waals surface area (Å²) in [5, 5.41) is 32.7. The lowest BCUT2D eigenvalue weighted by Crippen LogP contribution is -2.49. The minimum absolute atomic E-state index is 0.0135. The smallest absolute Gasteiger partial charge is 0.315 e. The van der Waals surface area contributed by atoms with Gasteiger partial charge in [0.2, 0.25) is 0 Å². The molecule has 1 aromatic heterocycles. The van der Waals surface area contributed by atoms with Crippen molar-refractivity contribution in [3.05, 3.63) is 51.8 Å². The molecule has 4 N–H and O–H groups in total. The molecule has 0 aliphatic carbocycles. The number of nitrogens with one attached hydrogen (secondary N) is 3. The molecule has 0 aliphatic heterocycles. The fourth-order valence-electron chi connectivity index (χ4n) is 2.65. The maximum absolute atomic E-state index is 12.0. The molecule has 3 amide bonds. The van der Waals surface area contributed by atoms with Crippen LogP contribution < -0.4 is 16.1 Å². The van der Waals surface area contributed by atoms with Crippen LogP contribution in [0.5, 0.6) is 0 Å². The molecule has 156 valence electrons. The zero-order chi connectivity index (χ0) is 21.4. The normalized spacial score (nSPS) is 11.7. The number of amides is 3. The van der Waals surface area contributed by atoms with Crippen molar-refractivity contribution in [3.63, 3.8) is 0 Å². The van der Waals surface area contributed by atoms with Gasteiger partial charge in [-0.3, -0.25) is 20.1 Å². The molecule has 1 atom stereocenters. The number of nitro benzene ring substituents is 1. The first-order valence-corrected chi connectivity index (χ1v) is 8.89. The Bertz CT molecular complexity index is 867. The molecule has 0 bridgehead atoms. The largest absolute Gasteiger partial charge is 0.332 e. The number of nitro groups is 1. The maximum Gasteiger partial charge on any atom is 0.315 e.